The Bertz CT molecular complexity index is 607. The molecule has 2 N–H and O–H groups in total. The van der Waals surface area contributed by atoms with Crippen LogP contribution >= 0.6 is 0 Å². The summed E-state index contributed by atoms with van der Waals surface area (Å²) in [6.07, 6.45) is 1.02. The Labute approximate surface area is 111 Å². The number of hydrogen-bond acceptors (Lipinski definition) is 4. The van der Waals surface area contributed by atoms with Gasteiger partial charge in [-0.1, -0.05) is 32.0 Å². The molecular formula is C14H19N3O2. The van der Waals surface area contributed by atoms with Gasteiger partial charge in [-0.2, -0.15) is 5.10 Å². The zero-order valence-corrected chi connectivity index (χ0v) is 11.2. The molecule has 1 unspecified atom stereocenters. The molecule has 0 radical (unpaired) electrons. The molecule has 1 aromatic carbocycles. The lowest BCUT2D eigenvalue weighted by Crippen LogP contribution is -2.37. The molecule has 19 heavy (non-hydrogen) atoms. The molecule has 0 aliphatic carbocycles. The first-order valence-electron chi connectivity index (χ1n) is 6.44. The minimum Gasteiger partial charge on any atom is -0.390 e. The Morgan fingerprint density at radius 2 is 2.11 bits per heavy atom. The first-order valence-corrected chi connectivity index (χ1v) is 6.44. The molecule has 0 fully saturated rings. The highest BCUT2D eigenvalue weighted by atomic mass is 16.3. The number of nitrogens with one attached hydrogen (secondary N) is 1. The number of hydrogen-bond donors (Lipinski definition) is 2. The molecule has 5 heteroatoms. The van der Waals surface area contributed by atoms with Gasteiger partial charge in [-0.3, -0.25) is 4.79 Å². The second-order valence-corrected chi connectivity index (χ2v) is 4.94. The van der Waals surface area contributed by atoms with Crippen molar-refractivity contribution >= 4 is 10.8 Å². The van der Waals surface area contributed by atoms with Crippen molar-refractivity contribution in [2.75, 3.05) is 6.54 Å². The number of aliphatic hydroxyl groups excluding tert-OH is 1. The molecule has 0 saturated carbocycles. The van der Waals surface area contributed by atoms with Gasteiger partial charge >= 0.3 is 0 Å². The minimum atomic E-state index is -0.631. The third kappa shape index (κ3) is 3.39. The highest BCUT2D eigenvalue weighted by Gasteiger charge is 2.09. The van der Waals surface area contributed by atoms with Gasteiger partial charge in [0.15, 0.2) is 0 Å². The molecule has 0 aliphatic rings. The van der Waals surface area contributed by atoms with E-state index < -0.39 is 6.10 Å². The van der Waals surface area contributed by atoms with Gasteiger partial charge in [0.05, 0.1) is 24.2 Å². The number of rotatable bonds is 5. The molecule has 5 nitrogen and oxygen atoms in total. The lowest BCUT2D eigenvalue weighted by Gasteiger charge is -2.14. The van der Waals surface area contributed by atoms with Crippen LogP contribution in [0.2, 0.25) is 0 Å². The van der Waals surface area contributed by atoms with Crippen LogP contribution in [-0.2, 0) is 6.54 Å². The third-order valence-corrected chi connectivity index (χ3v) is 2.91. The van der Waals surface area contributed by atoms with E-state index in [9.17, 15) is 9.90 Å². The van der Waals surface area contributed by atoms with Gasteiger partial charge in [0, 0.05) is 18.0 Å². The summed E-state index contributed by atoms with van der Waals surface area (Å²) in [7, 11) is 0. The predicted molar refractivity (Wildman–Crippen MR) is 75.1 cm³/mol. The van der Waals surface area contributed by atoms with E-state index in [1.807, 2.05) is 32.0 Å². The summed E-state index contributed by atoms with van der Waals surface area (Å²) < 4.78 is 1.31. The lowest BCUT2D eigenvalue weighted by atomic mass is 10.2. The summed E-state index contributed by atoms with van der Waals surface area (Å²) in [5, 5.41) is 18.5. The van der Waals surface area contributed by atoms with Crippen LogP contribution in [0, 0.1) is 0 Å². The summed E-state index contributed by atoms with van der Waals surface area (Å²) in [4.78, 5) is 12.2. The van der Waals surface area contributed by atoms with Crippen molar-refractivity contribution in [3.05, 3.63) is 40.8 Å². The van der Waals surface area contributed by atoms with Crippen molar-refractivity contribution in [3.8, 4) is 0 Å². The largest absolute Gasteiger partial charge is 0.390 e. The first kappa shape index (κ1) is 13.7. The maximum absolute atomic E-state index is 12.2. The van der Waals surface area contributed by atoms with Gasteiger partial charge < -0.3 is 10.4 Å². The average Bonchev–Trinajstić information content (AvgIpc) is 2.40. The molecule has 0 bridgehead atoms. The summed E-state index contributed by atoms with van der Waals surface area (Å²) >= 11 is 0. The smallest absolute Gasteiger partial charge is 0.274 e. The second-order valence-electron chi connectivity index (χ2n) is 4.94. The number of benzene rings is 1. The molecule has 0 spiro atoms. The summed E-state index contributed by atoms with van der Waals surface area (Å²) in [6, 6.07) is 7.62. The zero-order valence-electron chi connectivity index (χ0n) is 11.2. The van der Waals surface area contributed by atoms with E-state index in [4.69, 9.17) is 0 Å². The molecule has 1 heterocycles. The van der Waals surface area contributed by atoms with Gasteiger partial charge in [-0.05, 0) is 6.07 Å². The van der Waals surface area contributed by atoms with Crippen molar-refractivity contribution in [1.29, 1.82) is 0 Å². The van der Waals surface area contributed by atoms with Crippen molar-refractivity contribution < 1.29 is 5.11 Å². The fourth-order valence-electron chi connectivity index (χ4n) is 1.89. The van der Waals surface area contributed by atoms with Crippen LogP contribution in [0.1, 0.15) is 13.8 Å². The lowest BCUT2D eigenvalue weighted by molar-refractivity contribution is 0.142. The molecule has 2 rings (SSSR count). The van der Waals surface area contributed by atoms with E-state index in [1.54, 1.807) is 12.3 Å². The third-order valence-electron chi connectivity index (χ3n) is 2.91. The van der Waals surface area contributed by atoms with Crippen LogP contribution in [0.15, 0.2) is 35.3 Å². The van der Waals surface area contributed by atoms with Gasteiger partial charge in [0.25, 0.3) is 5.56 Å². The average molecular weight is 261 g/mol. The van der Waals surface area contributed by atoms with Gasteiger partial charge in [-0.15, -0.1) is 0 Å². The molecular weight excluding hydrogens is 242 g/mol. The standard InChI is InChI=1S/C14H19N3O2/c1-10(2)15-8-12(18)9-17-14(19)13-6-4-3-5-11(13)7-16-17/h3-7,10,12,15,18H,8-9H2,1-2H3. The van der Waals surface area contributed by atoms with E-state index in [2.05, 4.69) is 10.4 Å². The molecule has 0 aliphatic heterocycles. The highest BCUT2D eigenvalue weighted by Crippen LogP contribution is 2.06. The monoisotopic (exact) mass is 261 g/mol. The number of aromatic nitrogens is 2. The predicted octanol–water partition coefficient (Wildman–Crippen LogP) is 0.755. The normalized spacial score (nSPS) is 13.1. The van der Waals surface area contributed by atoms with Crippen molar-refractivity contribution in [1.82, 2.24) is 15.1 Å². The molecule has 1 aromatic heterocycles. The van der Waals surface area contributed by atoms with Crippen LogP contribution in [0.5, 0.6) is 0 Å². The van der Waals surface area contributed by atoms with E-state index in [1.165, 1.54) is 4.68 Å². The van der Waals surface area contributed by atoms with E-state index >= 15 is 0 Å². The summed E-state index contributed by atoms with van der Waals surface area (Å²) in [5.74, 6) is 0. The minimum absolute atomic E-state index is 0.165. The van der Waals surface area contributed by atoms with Crippen LogP contribution in [0.3, 0.4) is 0 Å². The molecule has 2 aromatic rings. The fraction of sp³-hybridized carbons (Fsp3) is 0.429. The van der Waals surface area contributed by atoms with Crippen molar-refractivity contribution in [3.63, 3.8) is 0 Å². The molecule has 0 amide bonds. The van der Waals surface area contributed by atoms with Gasteiger partial charge in [0.1, 0.15) is 0 Å². The Morgan fingerprint density at radius 3 is 2.84 bits per heavy atom. The maximum Gasteiger partial charge on any atom is 0.274 e. The number of nitrogens with zero attached hydrogens (tertiary/aromatic N) is 2. The maximum atomic E-state index is 12.2. The van der Waals surface area contributed by atoms with Crippen LogP contribution < -0.4 is 10.9 Å². The topological polar surface area (TPSA) is 67.2 Å². The van der Waals surface area contributed by atoms with E-state index in [0.29, 0.717) is 18.0 Å². The summed E-state index contributed by atoms with van der Waals surface area (Å²) in [6.45, 7) is 4.66. The molecule has 1 atom stereocenters. The highest BCUT2D eigenvalue weighted by molar-refractivity contribution is 5.80. The fourth-order valence-corrected chi connectivity index (χ4v) is 1.89. The van der Waals surface area contributed by atoms with Crippen molar-refractivity contribution in [2.45, 2.75) is 32.5 Å². The zero-order chi connectivity index (χ0) is 13.8. The Morgan fingerprint density at radius 1 is 1.37 bits per heavy atom. The first-order chi connectivity index (χ1) is 9.08. The van der Waals surface area contributed by atoms with E-state index in [-0.39, 0.29) is 12.1 Å². The number of aliphatic hydroxyl groups is 1. The Hall–Kier alpha value is -1.72. The van der Waals surface area contributed by atoms with Crippen LogP contribution in [-0.4, -0.2) is 33.6 Å². The quantitative estimate of drug-likeness (QED) is 0.833. The van der Waals surface area contributed by atoms with Crippen molar-refractivity contribution in [2.24, 2.45) is 0 Å². The molecule has 102 valence electrons. The van der Waals surface area contributed by atoms with Crippen LogP contribution in [0.4, 0.5) is 0 Å². The second kappa shape index (κ2) is 5.95. The van der Waals surface area contributed by atoms with E-state index in [0.717, 1.165) is 5.39 Å². The SMILES string of the molecule is CC(C)NCC(O)Cn1ncc2ccccc2c1=O. The van der Waals surface area contributed by atoms with Gasteiger partial charge in [-0.25, -0.2) is 4.68 Å². The van der Waals surface area contributed by atoms with Gasteiger partial charge in [0.2, 0.25) is 0 Å². The molecule has 0 saturated heterocycles. The van der Waals surface area contributed by atoms with Crippen LogP contribution in [0.25, 0.3) is 10.8 Å². The summed E-state index contributed by atoms with van der Waals surface area (Å²) in [5.41, 5.74) is -0.165. The Kier molecular flexibility index (Phi) is 4.29. The Balaban J connectivity index is 2.17. The number of fused-ring (bicyclic) bond motifs is 1.